The van der Waals surface area contributed by atoms with E-state index in [-0.39, 0.29) is 29.2 Å². The van der Waals surface area contributed by atoms with Crippen LogP contribution < -0.4 is 16.2 Å². The van der Waals surface area contributed by atoms with E-state index < -0.39 is 0 Å². The van der Waals surface area contributed by atoms with Gasteiger partial charge in [-0.1, -0.05) is 30.3 Å². The molecule has 0 radical (unpaired) electrons. The Morgan fingerprint density at radius 3 is 2.59 bits per heavy atom. The lowest BCUT2D eigenvalue weighted by Crippen LogP contribution is -2.32. The maximum Gasteiger partial charge on any atom is 0.262 e. The average molecular weight is 499 g/mol. The van der Waals surface area contributed by atoms with Gasteiger partial charge >= 0.3 is 0 Å². The fourth-order valence-electron chi connectivity index (χ4n) is 3.36. The Labute approximate surface area is 204 Å². The van der Waals surface area contributed by atoms with Gasteiger partial charge in [0.2, 0.25) is 11.7 Å². The first-order chi connectivity index (χ1) is 16.3. The van der Waals surface area contributed by atoms with Crippen molar-refractivity contribution in [2.24, 2.45) is 7.05 Å². The summed E-state index contributed by atoms with van der Waals surface area (Å²) in [4.78, 5) is 38.0. The predicted octanol–water partition coefficient (Wildman–Crippen LogP) is 3.49. The summed E-state index contributed by atoms with van der Waals surface area (Å²) in [7, 11) is 1.61. The zero-order valence-corrected chi connectivity index (χ0v) is 20.4. The topological polar surface area (TPSA) is 110 Å². The fourth-order valence-corrected chi connectivity index (χ4v) is 4.23. The van der Waals surface area contributed by atoms with E-state index in [2.05, 4.69) is 20.8 Å². The fraction of sp³-hybridized carbons (Fsp3) is 0.261. The van der Waals surface area contributed by atoms with E-state index in [0.29, 0.717) is 38.1 Å². The number of thioether (sulfide) groups is 1. The number of nitrogens with one attached hydrogen (secondary N) is 2. The molecule has 0 aliphatic carbocycles. The van der Waals surface area contributed by atoms with E-state index in [0.717, 1.165) is 6.42 Å². The molecule has 11 heteroatoms. The van der Waals surface area contributed by atoms with Crippen LogP contribution in [0.15, 0.2) is 52.4 Å². The second kappa shape index (κ2) is 9.86. The molecule has 2 aromatic carbocycles. The molecule has 0 spiro atoms. The van der Waals surface area contributed by atoms with Crippen LogP contribution in [0.1, 0.15) is 30.6 Å². The molecule has 2 amide bonds. The minimum absolute atomic E-state index is 0.0204. The average Bonchev–Trinajstić information content (AvgIpc) is 3.26. The van der Waals surface area contributed by atoms with Crippen LogP contribution in [0.25, 0.3) is 16.7 Å². The molecular formula is C23H23ClN6O3S. The maximum atomic E-state index is 12.9. The van der Waals surface area contributed by atoms with Crippen molar-refractivity contribution in [3.63, 3.8) is 0 Å². The Kier molecular flexibility index (Phi) is 6.90. The van der Waals surface area contributed by atoms with Crippen LogP contribution in [-0.4, -0.2) is 42.8 Å². The number of anilines is 1. The third kappa shape index (κ3) is 4.78. The van der Waals surface area contributed by atoms with Crippen molar-refractivity contribution in [1.82, 2.24) is 24.5 Å². The summed E-state index contributed by atoms with van der Waals surface area (Å²) >= 11 is 7.06. The normalized spacial score (nSPS) is 12.1. The number of hydrogen-bond donors (Lipinski definition) is 2. The number of amides is 2. The molecule has 0 saturated carbocycles. The summed E-state index contributed by atoms with van der Waals surface area (Å²) in [6.07, 6.45) is 0.800. The summed E-state index contributed by atoms with van der Waals surface area (Å²) in [5, 5.41) is 15.5. The van der Waals surface area contributed by atoms with E-state index in [1.54, 1.807) is 53.9 Å². The summed E-state index contributed by atoms with van der Waals surface area (Å²) in [5.41, 5.74) is 1.31. The van der Waals surface area contributed by atoms with Crippen LogP contribution in [-0.2, 0) is 11.8 Å². The number of aromatic nitrogens is 4. The van der Waals surface area contributed by atoms with Gasteiger partial charge in [0.25, 0.3) is 11.5 Å². The van der Waals surface area contributed by atoms with Gasteiger partial charge in [0.1, 0.15) is 0 Å². The van der Waals surface area contributed by atoms with Gasteiger partial charge in [0.05, 0.1) is 16.7 Å². The molecule has 0 bridgehead atoms. The lowest BCUT2D eigenvalue weighted by molar-refractivity contribution is -0.113. The van der Waals surface area contributed by atoms with Gasteiger partial charge in [-0.3, -0.25) is 23.4 Å². The third-order valence-corrected chi connectivity index (χ3v) is 6.58. The molecule has 0 fully saturated rings. The van der Waals surface area contributed by atoms with Crippen molar-refractivity contribution >= 4 is 57.5 Å². The van der Waals surface area contributed by atoms with Crippen molar-refractivity contribution < 1.29 is 9.59 Å². The molecule has 9 nitrogen and oxygen atoms in total. The molecule has 0 aliphatic heterocycles. The number of fused-ring (bicyclic) bond motifs is 3. The number of halogens is 1. The third-order valence-electron chi connectivity index (χ3n) is 5.40. The molecule has 0 aliphatic rings. The smallest absolute Gasteiger partial charge is 0.262 e. The first-order valence-electron chi connectivity index (χ1n) is 10.7. The first-order valence-corrected chi connectivity index (χ1v) is 12.0. The van der Waals surface area contributed by atoms with Crippen molar-refractivity contribution in [1.29, 1.82) is 0 Å². The van der Waals surface area contributed by atoms with E-state index in [1.807, 2.05) is 13.8 Å². The Bertz CT molecular complexity index is 1450. The highest BCUT2D eigenvalue weighted by Crippen LogP contribution is 2.23. The number of carbonyl (C=O) groups excluding carboxylic acids is 2. The SMILES string of the molecule is CC[C@H](C)NC(=O)c1ccc2c(=O)n(C)c3nnc(SCC(=O)Nc4ccc(Cl)cc4)n3c2c1. The van der Waals surface area contributed by atoms with Gasteiger partial charge in [-0.05, 0) is 55.8 Å². The zero-order valence-electron chi connectivity index (χ0n) is 18.8. The number of rotatable bonds is 7. The molecule has 0 unspecified atom stereocenters. The largest absolute Gasteiger partial charge is 0.350 e. The standard InChI is InChI=1S/C23H23ClN6O3S/c1-4-13(2)25-20(32)14-5-10-17-18(11-14)30-22(29(3)21(17)33)27-28-23(30)34-12-19(31)26-16-8-6-15(24)7-9-16/h5-11,13H,4,12H2,1-3H3,(H,25,32)(H,26,31)/t13-/m0/s1. The van der Waals surface area contributed by atoms with Crippen molar-refractivity contribution in [3.8, 4) is 0 Å². The van der Waals surface area contributed by atoms with Crippen LogP contribution in [0, 0.1) is 0 Å². The summed E-state index contributed by atoms with van der Waals surface area (Å²) < 4.78 is 3.09. The predicted molar refractivity (Wildman–Crippen MR) is 134 cm³/mol. The summed E-state index contributed by atoms with van der Waals surface area (Å²) in [5.74, 6) is -0.0683. The molecule has 2 heterocycles. The monoisotopic (exact) mass is 498 g/mol. The lowest BCUT2D eigenvalue weighted by Gasteiger charge is -2.13. The van der Waals surface area contributed by atoms with Crippen LogP contribution in [0.4, 0.5) is 5.69 Å². The molecule has 4 rings (SSSR count). The van der Waals surface area contributed by atoms with Crippen molar-refractivity contribution in [3.05, 3.63) is 63.4 Å². The van der Waals surface area contributed by atoms with Crippen LogP contribution in [0.5, 0.6) is 0 Å². The van der Waals surface area contributed by atoms with E-state index >= 15 is 0 Å². The van der Waals surface area contributed by atoms with Crippen LogP contribution in [0.3, 0.4) is 0 Å². The van der Waals surface area contributed by atoms with Gasteiger partial charge in [-0.25, -0.2) is 0 Å². The number of hydrogen-bond acceptors (Lipinski definition) is 6. The van der Waals surface area contributed by atoms with Crippen LogP contribution in [0.2, 0.25) is 5.02 Å². The highest BCUT2D eigenvalue weighted by atomic mass is 35.5. The Morgan fingerprint density at radius 2 is 1.88 bits per heavy atom. The minimum Gasteiger partial charge on any atom is -0.350 e. The molecule has 2 N–H and O–H groups in total. The Balaban J connectivity index is 1.67. The van der Waals surface area contributed by atoms with E-state index in [4.69, 9.17) is 11.6 Å². The Morgan fingerprint density at radius 1 is 1.15 bits per heavy atom. The van der Waals surface area contributed by atoms with Crippen molar-refractivity contribution in [2.75, 3.05) is 11.1 Å². The summed E-state index contributed by atoms with van der Waals surface area (Å²) in [6, 6.07) is 11.7. The second-order valence-corrected chi connectivity index (χ2v) is 9.22. The lowest BCUT2D eigenvalue weighted by atomic mass is 10.1. The first kappa shape index (κ1) is 23.8. The van der Waals surface area contributed by atoms with Gasteiger partial charge in [0.15, 0.2) is 5.16 Å². The molecule has 1 atom stereocenters. The summed E-state index contributed by atoms with van der Waals surface area (Å²) in [6.45, 7) is 3.92. The minimum atomic E-state index is -0.249. The second-order valence-electron chi connectivity index (χ2n) is 7.84. The quantitative estimate of drug-likeness (QED) is 0.377. The van der Waals surface area contributed by atoms with E-state index in [9.17, 15) is 14.4 Å². The molecule has 176 valence electrons. The Hall–Kier alpha value is -3.37. The van der Waals surface area contributed by atoms with Gasteiger partial charge in [0, 0.05) is 29.4 Å². The highest BCUT2D eigenvalue weighted by molar-refractivity contribution is 7.99. The molecule has 4 aromatic rings. The molecule has 34 heavy (non-hydrogen) atoms. The number of benzene rings is 2. The number of nitrogens with zero attached hydrogens (tertiary/aromatic N) is 4. The highest BCUT2D eigenvalue weighted by Gasteiger charge is 2.18. The maximum absolute atomic E-state index is 12.9. The molecular weight excluding hydrogens is 476 g/mol. The van der Waals surface area contributed by atoms with Gasteiger partial charge in [-0.2, -0.15) is 0 Å². The van der Waals surface area contributed by atoms with Crippen molar-refractivity contribution in [2.45, 2.75) is 31.5 Å². The number of aryl methyl sites for hydroxylation is 1. The van der Waals surface area contributed by atoms with Gasteiger partial charge < -0.3 is 10.6 Å². The number of carbonyl (C=O) groups is 2. The van der Waals surface area contributed by atoms with Gasteiger partial charge in [-0.15, -0.1) is 10.2 Å². The van der Waals surface area contributed by atoms with Crippen LogP contribution >= 0.6 is 23.4 Å². The molecule has 0 saturated heterocycles. The van der Waals surface area contributed by atoms with E-state index in [1.165, 1.54) is 16.3 Å². The molecule has 2 aromatic heterocycles. The zero-order chi connectivity index (χ0) is 24.4.